The molecule has 0 radical (unpaired) electrons. The third kappa shape index (κ3) is 2.41. The highest BCUT2D eigenvalue weighted by Gasteiger charge is 2.26. The van der Waals surface area contributed by atoms with Gasteiger partial charge in [-0.25, -0.2) is 4.79 Å². The first-order valence-corrected chi connectivity index (χ1v) is 5.45. The summed E-state index contributed by atoms with van der Waals surface area (Å²) in [4.78, 5) is 23.7. The summed E-state index contributed by atoms with van der Waals surface area (Å²) in [6.07, 6.45) is 1.62. The standard InChI is InChI=1S/C11H14N2O4/c12-10(14)7-2-1-5-13(6-7)9-4-3-8(17-9)11(15)16/h3-4,7H,1-2,5-6H2,(H2,12,14)(H,15,16). The van der Waals surface area contributed by atoms with Crippen molar-refractivity contribution >= 4 is 17.8 Å². The Morgan fingerprint density at radius 3 is 2.82 bits per heavy atom. The zero-order chi connectivity index (χ0) is 12.4. The number of carbonyl (C=O) groups excluding carboxylic acids is 1. The second-order valence-corrected chi connectivity index (χ2v) is 4.13. The number of carbonyl (C=O) groups is 2. The molecule has 1 unspecified atom stereocenters. The van der Waals surface area contributed by atoms with Crippen molar-refractivity contribution in [2.45, 2.75) is 12.8 Å². The van der Waals surface area contributed by atoms with Crippen LogP contribution in [0.1, 0.15) is 23.4 Å². The van der Waals surface area contributed by atoms with E-state index in [9.17, 15) is 9.59 Å². The zero-order valence-electron chi connectivity index (χ0n) is 9.26. The van der Waals surface area contributed by atoms with Crippen LogP contribution in [0.4, 0.5) is 5.88 Å². The van der Waals surface area contributed by atoms with E-state index in [0.29, 0.717) is 12.4 Å². The van der Waals surface area contributed by atoms with E-state index in [1.54, 1.807) is 6.07 Å². The maximum Gasteiger partial charge on any atom is 0.371 e. The number of hydrogen-bond donors (Lipinski definition) is 2. The number of furan rings is 1. The van der Waals surface area contributed by atoms with E-state index < -0.39 is 5.97 Å². The third-order valence-electron chi connectivity index (χ3n) is 2.94. The van der Waals surface area contributed by atoms with Crippen molar-refractivity contribution < 1.29 is 19.1 Å². The van der Waals surface area contributed by atoms with Crippen LogP contribution in [0, 0.1) is 5.92 Å². The fourth-order valence-electron chi connectivity index (χ4n) is 2.02. The summed E-state index contributed by atoms with van der Waals surface area (Å²) in [5, 5.41) is 8.75. The fourth-order valence-corrected chi connectivity index (χ4v) is 2.02. The van der Waals surface area contributed by atoms with Crippen molar-refractivity contribution in [1.29, 1.82) is 0 Å². The molecular weight excluding hydrogens is 224 g/mol. The Morgan fingerprint density at radius 1 is 1.47 bits per heavy atom. The van der Waals surface area contributed by atoms with Gasteiger partial charge in [0.25, 0.3) is 0 Å². The molecule has 0 bridgehead atoms. The number of primary amides is 1. The highest BCUT2D eigenvalue weighted by atomic mass is 16.4. The molecule has 92 valence electrons. The highest BCUT2D eigenvalue weighted by molar-refractivity contribution is 5.85. The van der Waals surface area contributed by atoms with E-state index in [1.807, 2.05) is 4.90 Å². The van der Waals surface area contributed by atoms with E-state index in [-0.39, 0.29) is 17.6 Å². The van der Waals surface area contributed by atoms with Crippen molar-refractivity contribution in [1.82, 2.24) is 0 Å². The van der Waals surface area contributed by atoms with E-state index in [1.165, 1.54) is 6.07 Å². The molecule has 2 heterocycles. The molecule has 6 nitrogen and oxygen atoms in total. The number of piperidine rings is 1. The predicted octanol–water partition coefficient (Wildman–Crippen LogP) is 0.679. The molecule has 1 atom stereocenters. The molecule has 3 N–H and O–H groups in total. The van der Waals surface area contributed by atoms with Gasteiger partial charge in [0.2, 0.25) is 11.7 Å². The number of rotatable bonds is 3. The monoisotopic (exact) mass is 238 g/mol. The lowest BCUT2D eigenvalue weighted by Gasteiger charge is -2.30. The smallest absolute Gasteiger partial charge is 0.371 e. The molecule has 6 heteroatoms. The number of carboxylic acid groups (broad SMARTS) is 1. The highest BCUT2D eigenvalue weighted by Crippen LogP contribution is 2.25. The first-order chi connectivity index (χ1) is 8.08. The van der Waals surface area contributed by atoms with Crippen molar-refractivity contribution in [2.75, 3.05) is 18.0 Å². The number of anilines is 1. The Bertz CT molecular complexity index is 440. The van der Waals surface area contributed by atoms with E-state index in [2.05, 4.69) is 0 Å². The average Bonchev–Trinajstić information content (AvgIpc) is 2.78. The van der Waals surface area contributed by atoms with Crippen molar-refractivity contribution in [2.24, 2.45) is 11.7 Å². The molecule has 2 rings (SSSR count). The predicted molar refractivity (Wildman–Crippen MR) is 59.8 cm³/mol. The summed E-state index contributed by atoms with van der Waals surface area (Å²) in [5.74, 6) is -1.23. The number of nitrogens with two attached hydrogens (primary N) is 1. The Labute approximate surface area is 98.0 Å². The SMILES string of the molecule is NC(=O)C1CCCN(c2ccc(C(=O)O)o2)C1. The van der Waals surface area contributed by atoms with Gasteiger partial charge in [-0.3, -0.25) is 4.79 Å². The molecule has 1 saturated heterocycles. The molecular formula is C11H14N2O4. The van der Waals surface area contributed by atoms with Gasteiger partial charge >= 0.3 is 5.97 Å². The quantitative estimate of drug-likeness (QED) is 0.807. The van der Waals surface area contributed by atoms with Crippen LogP contribution in [-0.2, 0) is 4.79 Å². The lowest BCUT2D eigenvalue weighted by Crippen LogP contribution is -2.41. The normalized spacial score (nSPS) is 20.2. The molecule has 17 heavy (non-hydrogen) atoms. The Hall–Kier alpha value is -1.98. The lowest BCUT2D eigenvalue weighted by molar-refractivity contribution is -0.122. The van der Waals surface area contributed by atoms with Crippen LogP contribution in [0.25, 0.3) is 0 Å². The second kappa shape index (κ2) is 4.48. The summed E-state index contributed by atoms with van der Waals surface area (Å²) < 4.78 is 5.19. The van der Waals surface area contributed by atoms with Crippen LogP contribution in [0.15, 0.2) is 16.5 Å². The van der Waals surface area contributed by atoms with Gasteiger partial charge in [0.05, 0.1) is 5.92 Å². The van der Waals surface area contributed by atoms with Gasteiger partial charge in [-0.15, -0.1) is 0 Å². The molecule has 1 aliphatic rings. The minimum Gasteiger partial charge on any atom is -0.475 e. The topological polar surface area (TPSA) is 96.8 Å². The first-order valence-electron chi connectivity index (χ1n) is 5.45. The first kappa shape index (κ1) is 11.5. The molecule has 0 aliphatic carbocycles. The van der Waals surface area contributed by atoms with Crippen LogP contribution in [-0.4, -0.2) is 30.1 Å². The van der Waals surface area contributed by atoms with Gasteiger partial charge in [-0.05, 0) is 18.9 Å². The van der Waals surface area contributed by atoms with Gasteiger partial charge in [0, 0.05) is 19.2 Å². The van der Waals surface area contributed by atoms with E-state index in [0.717, 1.165) is 19.4 Å². The van der Waals surface area contributed by atoms with Crippen LogP contribution in [0.5, 0.6) is 0 Å². The van der Waals surface area contributed by atoms with Gasteiger partial charge in [-0.2, -0.15) is 0 Å². The number of carboxylic acids is 1. The van der Waals surface area contributed by atoms with Crippen LogP contribution < -0.4 is 10.6 Å². The molecule has 1 aliphatic heterocycles. The fraction of sp³-hybridized carbons (Fsp3) is 0.455. The maximum atomic E-state index is 11.1. The number of aromatic carboxylic acids is 1. The van der Waals surface area contributed by atoms with Crippen LogP contribution >= 0.6 is 0 Å². The summed E-state index contributed by atoms with van der Waals surface area (Å²) in [7, 11) is 0. The van der Waals surface area contributed by atoms with Gasteiger partial charge in [0.1, 0.15) is 0 Å². The minimum absolute atomic E-state index is 0.0961. The summed E-state index contributed by atoms with van der Waals surface area (Å²) in [5.41, 5.74) is 5.27. The maximum absolute atomic E-state index is 11.1. The molecule has 1 fully saturated rings. The van der Waals surface area contributed by atoms with Gasteiger partial charge in [-0.1, -0.05) is 0 Å². The number of amides is 1. The van der Waals surface area contributed by atoms with Crippen LogP contribution in [0.2, 0.25) is 0 Å². The molecule has 0 aromatic carbocycles. The number of nitrogens with zero attached hydrogens (tertiary/aromatic N) is 1. The number of hydrogen-bond acceptors (Lipinski definition) is 4. The Balaban J connectivity index is 2.10. The Morgan fingerprint density at radius 2 is 2.24 bits per heavy atom. The van der Waals surface area contributed by atoms with E-state index >= 15 is 0 Å². The van der Waals surface area contributed by atoms with Crippen molar-refractivity contribution in [3.63, 3.8) is 0 Å². The largest absolute Gasteiger partial charge is 0.475 e. The van der Waals surface area contributed by atoms with Crippen molar-refractivity contribution in [3.05, 3.63) is 17.9 Å². The zero-order valence-corrected chi connectivity index (χ0v) is 9.26. The molecule has 1 aromatic rings. The minimum atomic E-state index is -1.10. The van der Waals surface area contributed by atoms with Crippen LogP contribution in [0.3, 0.4) is 0 Å². The van der Waals surface area contributed by atoms with E-state index in [4.69, 9.17) is 15.3 Å². The van der Waals surface area contributed by atoms with Crippen molar-refractivity contribution in [3.8, 4) is 0 Å². The summed E-state index contributed by atoms with van der Waals surface area (Å²) >= 11 is 0. The lowest BCUT2D eigenvalue weighted by atomic mass is 9.98. The Kier molecular flexibility index (Phi) is 3.03. The van der Waals surface area contributed by atoms with Gasteiger partial charge in [0.15, 0.2) is 5.88 Å². The molecule has 0 saturated carbocycles. The third-order valence-corrected chi connectivity index (χ3v) is 2.94. The molecule has 1 amide bonds. The summed E-state index contributed by atoms with van der Waals surface area (Å²) in [6, 6.07) is 3.01. The van der Waals surface area contributed by atoms with Gasteiger partial charge < -0.3 is 20.2 Å². The summed E-state index contributed by atoms with van der Waals surface area (Å²) in [6.45, 7) is 1.23. The second-order valence-electron chi connectivity index (χ2n) is 4.13. The molecule has 0 spiro atoms. The molecule has 1 aromatic heterocycles. The average molecular weight is 238 g/mol.